The van der Waals surface area contributed by atoms with Crippen LogP contribution in [0.3, 0.4) is 0 Å². The van der Waals surface area contributed by atoms with Crippen LogP contribution in [0.15, 0.2) is 36.7 Å². The number of fused-ring (bicyclic) bond motifs is 1. The average Bonchev–Trinajstić information content (AvgIpc) is 3.07. The SMILES string of the molecule is CCC(C)NC(=O)CCc1nnc2ccc(NCc3cccnc3)nn12. The molecule has 26 heavy (non-hydrogen) atoms. The van der Waals surface area contributed by atoms with Crippen molar-refractivity contribution in [2.75, 3.05) is 5.32 Å². The second-order valence-electron chi connectivity index (χ2n) is 6.20. The molecule has 0 spiro atoms. The first-order chi connectivity index (χ1) is 12.7. The highest BCUT2D eigenvalue weighted by Gasteiger charge is 2.11. The monoisotopic (exact) mass is 353 g/mol. The molecule has 0 aliphatic heterocycles. The molecule has 8 heteroatoms. The Hall–Kier alpha value is -3.03. The zero-order chi connectivity index (χ0) is 18.4. The Bertz CT molecular complexity index is 862. The molecule has 1 atom stereocenters. The van der Waals surface area contributed by atoms with E-state index in [9.17, 15) is 4.79 Å². The Morgan fingerprint density at radius 2 is 2.15 bits per heavy atom. The van der Waals surface area contributed by atoms with Gasteiger partial charge < -0.3 is 10.6 Å². The fourth-order valence-corrected chi connectivity index (χ4v) is 2.45. The zero-order valence-electron chi connectivity index (χ0n) is 15.0. The quantitative estimate of drug-likeness (QED) is 0.643. The van der Waals surface area contributed by atoms with Crippen LogP contribution in [0.1, 0.15) is 38.1 Å². The molecule has 3 aromatic heterocycles. The van der Waals surface area contributed by atoms with E-state index in [0.717, 1.165) is 12.0 Å². The zero-order valence-corrected chi connectivity index (χ0v) is 15.0. The summed E-state index contributed by atoms with van der Waals surface area (Å²) in [6.45, 7) is 4.66. The van der Waals surface area contributed by atoms with Crippen molar-refractivity contribution in [3.63, 3.8) is 0 Å². The van der Waals surface area contributed by atoms with Crippen molar-refractivity contribution in [3.05, 3.63) is 48.0 Å². The van der Waals surface area contributed by atoms with Gasteiger partial charge in [-0.3, -0.25) is 9.78 Å². The molecule has 8 nitrogen and oxygen atoms in total. The Labute approximate surface area is 152 Å². The Kier molecular flexibility index (Phi) is 5.73. The molecule has 0 saturated heterocycles. The van der Waals surface area contributed by atoms with Crippen LogP contribution in [-0.2, 0) is 17.8 Å². The van der Waals surface area contributed by atoms with E-state index in [4.69, 9.17) is 0 Å². The van der Waals surface area contributed by atoms with Gasteiger partial charge in [0.2, 0.25) is 5.91 Å². The summed E-state index contributed by atoms with van der Waals surface area (Å²) in [4.78, 5) is 16.1. The average molecular weight is 353 g/mol. The molecule has 3 heterocycles. The number of carbonyl (C=O) groups excluding carboxylic acids is 1. The minimum atomic E-state index is 0.0157. The molecule has 0 aromatic carbocycles. The third-order valence-electron chi connectivity index (χ3n) is 4.12. The molecule has 0 aliphatic rings. The van der Waals surface area contributed by atoms with E-state index in [1.807, 2.05) is 44.3 Å². The predicted octanol–water partition coefficient (Wildman–Crippen LogP) is 1.98. The maximum absolute atomic E-state index is 12.0. The molecule has 1 unspecified atom stereocenters. The lowest BCUT2D eigenvalue weighted by Crippen LogP contribution is -2.32. The van der Waals surface area contributed by atoms with Crippen LogP contribution in [0, 0.1) is 0 Å². The highest BCUT2D eigenvalue weighted by molar-refractivity contribution is 5.76. The first-order valence-electron chi connectivity index (χ1n) is 8.79. The second-order valence-corrected chi connectivity index (χ2v) is 6.20. The molecule has 0 saturated carbocycles. The molecule has 0 fully saturated rings. The molecule has 0 radical (unpaired) electrons. The van der Waals surface area contributed by atoms with E-state index in [1.54, 1.807) is 10.7 Å². The van der Waals surface area contributed by atoms with Crippen LogP contribution in [0.25, 0.3) is 5.65 Å². The normalized spacial score (nSPS) is 12.1. The van der Waals surface area contributed by atoms with Crippen molar-refractivity contribution in [2.24, 2.45) is 0 Å². The van der Waals surface area contributed by atoms with Crippen molar-refractivity contribution >= 4 is 17.4 Å². The number of aryl methyl sites for hydroxylation is 1. The third kappa shape index (κ3) is 4.53. The summed E-state index contributed by atoms with van der Waals surface area (Å²) in [6.07, 6.45) is 5.32. The lowest BCUT2D eigenvalue weighted by Gasteiger charge is -2.10. The predicted molar refractivity (Wildman–Crippen MR) is 98.6 cm³/mol. The van der Waals surface area contributed by atoms with E-state index in [0.29, 0.717) is 36.7 Å². The van der Waals surface area contributed by atoms with Gasteiger partial charge in [0.25, 0.3) is 0 Å². The Morgan fingerprint density at radius 3 is 2.92 bits per heavy atom. The summed E-state index contributed by atoms with van der Waals surface area (Å²) in [5.74, 6) is 1.40. The van der Waals surface area contributed by atoms with Crippen LogP contribution in [0.4, 0.5) is 5.82 Å². The Balaban J connectivity index is 1.65. The summed E-state index contributed by atoms with van der Waals surface area (Å²) in [5, 5.41) is 19.0. The number of amides is 1. The van der Waals surface area contributed by atoms with Gasteiger partial charge in [-0.1, -0.05) is 13.0 Å². The van der Waals surface area contributed by atoms with Crippen molar-refractivity contribution in [2.45, 2.75) is 45.7 Å². The number of rotatable bonds is 8. The highest BCUT2D eigenvalue weighted by Crippen LogP contribution is 2.10. The summed E-state index contributed by atoms with van der Waals surface area (Å²) < 4.78 is 1.68. The molecular formula is C18H23N7O. The fourth-order valence-electron chi connectivity index (χ4n) is 2.45. The van der Waals surface area contributed by atoms with Crippen LogP contribution >= 0.6 is 0 Å². The largest absolute Gasteiger partial charge is 0.364 e. The van der Waals surface area contributed by atoms with Gasteiger partial charge in [-0.15, -0.1) is 15.3 Å². The Morgan fingerprint density at radius 1 is 1.27 bits per heavy atom. The molecule has 136 valence electrons. The number of aromatic nitrogens is 5. The number of hydrogen-bond acceptors (Lipinski definition) is 6. The number of anilines is 1. The van der Waals surface area contributed by atoms with Crippen molar-refractivity contribution in [3.8, 4) is 0 Å². The van der Waals surface area contributed by atoms with Crippen LogP contribution in [-0.4, -0.2) is 36.7 Å². The second kappa shape index (κ2) is 8.37. The van der Waals surface area contributed by atoms with Crippen molar-refractivity contribution in [1.29, 1.82) is 0 Å². The fraction of sp³-hybridized carbons (Fsp3) is 0.389. The van der Waals surface area contributed by atoms with Gasteiger partial charge in [0.05, 0.1) is 0 Å². The maximum atomic E-state index is 12.0. The molecule has 2 N–H and O–H groups in total. The first kappa shape index (κ1) is 17.8. The lowest BCUT2D eigenvalue weighted by molar-refractivity contribution is -0.121. The van der Waals surface area contributed by atoms with Gasteiger partial charge in [0, 0.05) is 37.8 Å². The summed E-state index contributed by atoms with van der Waals surface area (Å²) >= 11 is 0. The van der Waals surface area contributed by atoms with Gasteiger partial charge in [0.15, 0.2) is 11.5 Å². The van der Waals surface area contributed by atoms with Crippen LogP contribution in [0.2, 0.25) is 0 Å². The standard InChI is InChI=1S/C18H23N7O/c1-3-13(2)21-18(26)9-8-17-23-22-16-7-6-15(24-25(16)17)20-12-14-5-4-10-19-11-14/h4-7,10-11,13H,3,8-9,12H2,1-2H3,(H,20,24)(H,21,26). The highest BCUT2D eigenvalue weighted by atomic mass is 16.1. The minimum absolute atomic E-state index is 0.0157. The van der Waals surface area contributed by atoms with E-state index in [-0.39, 0.29) is 11.9 Å². The number of pyridine rings is 1. The summed E-state index contributed by atoms with van der Waals surface area (Å²) in [6, 6.07) is 7.79. The summed E-state index contributed by atoms with van der Waals surface area (Å²) in [7, 11) is 0. The van der Waals surface area contributed by atoms with Crippen molar-refractivity contribution in [1.82, 2.24) is 30.1 Å². The van der Waals surface area contributed by atoms with E-state index in [1.165, 1.54) is 0 Å². The number of nitrogens with one attached hydrogen (secondary N) is 2. The lowest BCUT2D eigenvalue weighted by atomic mass is 10.2. The third-order valence-corrected chi connectivity index (χ3v) is 4.12. The van der Waals surface area contributed by atoms with E-state index >= 15 is 0 Å². The minimum Gasteiger partial charge on any atom is -0.364 e. The number of hydrogen-bond donors (Lipinski definition) is 2. The first-order valence-corrected chi connectivity index (χ1v) is 8.79. The van der Waals surface area contributed by atoms with Gasteiger partial charge in [-0.25, -0.2) is 0 Å². The smallest absolute Gasteiger partial charge is 0.220 e. The molecular weight excluding hydrogens is 330 g/mol. The van der Waals surface area contributed by atoms with Gasteiger partial charge in [-0.05, 0) is 37.1 Å². The van der Waals surface area contributed by atoms with Crippen LogP contribution in [0.5, 0.6) is 0 Å². The topological polar surface area (TPSA) is 97.1 Å². The van der Waals surface area contributed by atoms with Gasteiger partial charge in [-0.2, -0.15) is 4.52 Å². The molecule has 0 bridgehead atoms. The number of nitrogens with zero attached hydrogens (tertiary/aromatic N) is 5. The van der Waals surface area contributed by atoms with Crippen molar-refractivity contribution < 1.29 is 4.79 Å². The van der Waals surface area contributed by atoms with Crippen LogP contribution < -0.4 is 10.6 Å². The van der Waals surface area contributed by atoms with Gasteiger partial charge >= 0.3 is 0 Å². The molecule has 3 rings (SSSR count). The van der Waals surface area contributed by atoms with Gasteiger partial charge in [0.1, 0.15) is 5.82 Å². The van der Waals surface area contributed by atoms with E-state index in [2.05, 4.69) is 30.9 Å². The van der Waals surface area contributed by atoms with E-state index < -0.39 is 0 Å². The number of carbonyl (C=O) groups is 1. The molecule has 0 aliphatic carbocycles. The molecule has 1 amide bonds. The summed E-state index contributed by atoms with van der Waals surface area (Å²) in [5.41, 5.74) is 1.73. The maximum Gasteiger partial charge on any atom is 0.220 e. The molecule has 3 aromatic rings.